The summed E-state index contributed by atoms with van der Waals surface area (Å²) in [5.74, 6) is 0.299. The van der Waals surface area contributed by atoms with E-state index >= 15 is 0 Å². The second kappa shape index (κ2) is 6.67. The van der Waals surface area contributed by atoms with Crippen LogP contribution in [-0.4, -0.2) is 89.3 Å². The van der Waals surface area contributed by atoms with E-state index in [-0.39, 0.29) is 6.03 Å². The molecule has 3 fully saturated rings. The molecule has 1 atom stereocenters. The van der Waals surface area contributed by atoms with Crippen LogP contribution in [0.15, 0.2) is 12.4 Å². The number of nitrogens with zero attached hydrogens (tertiary/aromatic N) is 6. The minimum absolute atomic E-state index is 0.0443. The molecule has 3 aliphatic rings. The number of anilines is 1. The molecule has 1 unspecified atom stereocenters. The topological polar surface area (TPSA) is 64.9 Å². The fraction of sp³-hybridized carbons (Fsp3) is 0.706. The van der Waals surface area contributed by atoms with Crippen molar-refractivity contribution in [1.82, 2.24) is 24.5 Å². The van der Waals surface area contributed by atoms with Crippen LogP contribution in [0.4, 0.5) is 10.5 Å². The lowest BCUT2D eigenvalue weighted by molar-refractivity contribution is -0.127. The van der Waals surface area contributed by atoms with Crippen molar-refractivity contribution in [3.05, 3.63) is 12.4 Å². The van der Waals surface area contributed by atoms with Crippen LogP contribution in [0.25, 0.3) is 0 Å². The average Bonchev–Trinajstić information content (AvgIpc) is 3.35. The summed E-state index contributed by atoms with van der Waals surface area (Å²) >= 11 is 0. The number of likely N-dealkylation sites (tertiary alicyclic amines) is 2. The Morgan fingerprint density at radius 1 is 1.16 bits per heavy atom. The molecule has 0 bridgehead atoms. The first-order valence-electron chi connectivity index (χ1n) is 9.19. The van der Waals surface area contributed by atoms with E-state index in [0.29, 0.717) is 18.4 Å². The smallest absolute Gasteiger partial charge is 0.324 e. The molecular formula is C17H26N6O2. The molecule has 0 spiro atoms. The highest BCUT2D eigenvalue weighted by molar-refractivity contribution is 5.93. The number of carbonyl (C=O) groups excluding carboxylic acids is 2. The van der Waals surface area contributed by atoms with Crippen molar-refractivity contribution in [3.8, 4) is 0 Å². The van der Waals surface area contributed by atoms with E-state index in [1.807, 2.05) is 22.8 Å². The number of carbonyl (C=O) groups is 2. The number of aromatic nitrogens is 2. The molecule has 1 aromatic rings. The highest BCUT2D eigenvalue weighted by Gasteiger charge is 2.30. The zero-order valence-corrected chi connectivity index (χ0v) is 14.8. The Hall–Kier alpha value is -2.09. The predicted octanol–water partition coefficient (Wildman–Crippen LogP) is 0.624. The highest BCUT2D eigenvalue weighted by atomic mass is 16.2. The number of urea groups is 1. The van der Waals surface area contributed by atoms with Crippen LogP contribution in [-0.2, 0) is 4.79 Å². The van der Waals surface area contributed by atoms with Gasteiger partial charge in [0.25, 0.3) is 0 Å². The highest BCUT2D eigenvalue weighted by Crippen LogP contribution is 2.25. The van der Waals surface area contributed by atoms with Gasteiger partial charge in [-0.2, -0.15) is 5.10 Å². The van der Waals surface area contributed by atoms with Crippen molar-refractivity contribution in [2.24, 2.45) is 0 Å². The SMILES string of the molecule is CN1CCN(c2cnn(C3CCN(CCN4CCCC4=O)C3)c2)C1=O. The maximum Gasteiger partial charge on any atom is 0.324 e. The zero-order chi connectivity index (χ0) is 17.4. The van der Waals surface area contributed by atoms with E-state index in [1.54, 1.807) is 16.0 Å². The quantitative estimate of drug-likeness (QED) is 0.784. The second-order valence-corrected chi connectivity index (χ2v) is 7.26. The van der Waals surface area contributed by atoms with Crippen LogP contribution >= 0.6 is 0 Å². The number of hydrogen-bond donors (Lipinski definition) is 0. The largest absolute Gasteiger partial charge is 0.341 e. The van der Waals surface area contributed by atoms with Gasteiger partial charge in [0, 0.05) is 65.5 Å². The zero-order valence-electron chi connectivity index (χ0n) is 14.8. The fourth-order valence-corrected chi connectivity index (χ4v) is 3.99. The molecule has 1 aromatic heterocycles. The minimum atomic E-state index is 0.0443. The van der Waals surface area contributed by atoms with Gasteiger partial charge < -0.3 is 9.80 Å². The van der Waals surface area contributed by atoms with Crippen LogP contribution in [0.1, 0.15) is 25.3 Å². The van der Waals surface area contributed by atoms with E-state index in [2.05, 4.69) is 10.00 Å². The van der Waals surface area contributed by atoms with Gasteiger partial charge >= 0.3 is 6.03 Å². The Bertz CT molecular complexity index is 659. The molecule has 4 rings (SSSR count). The van der Waals surface area contributed by atoms with Crippen molar-refractivity contribution in [3.63, 3.8) is 0 Å². The van der Waals surface area contributed by atoms with Crippen molar-refractivity contribution in [2.75, 3.05) is 57.8 Å². The molecule has 136 valence electrons. The van der Waals surface area contributed by atoms with Gasteiger partial charge in [-0.05, 0) is 12.8 Å². The molecule has 0 saturated carbocycles. The first-order valence-corrected chi connectivity index (χ1v) is 9.19. The number of amides is 3. The second-order valence-electron chi connectivity index (χ2n) is 7.26. The third-order valence-electron chi connectivity index (χ3n) is 5.60. The Balaban J connectivity index is 1.31. The molecule has 0 aromatic carbocycles. The summed E-state index contributed by atoms with van der Waals surface area (Å²) < 4.78 is 2.00. The van der Waals surface area contributed by atoms with Gasteiger partial charge in [-0.1, -0.05) is 0 Å². The van der Waals surface area contributed by atoms with E-state index in [1.165, 1.54) is 0 Å². The van der Waals surface area contributed by atoms with Crippen LogP contribution < -0.4 is 4.90 Å². The summed E-state index contributed by atoms with van der Waals surface area (Å²) in [6.07, 6.45) is 6.56. The molecule has 0 radical (unpaired) electrons. The lowest BCUT2D eigenvalue weighted by Crippen LogP contribution is -2.34. The van der Waals surface area contributed by atoms with Gasteiger partial charge in [-0.3, -0.25) is 19.3 Å². The average molecular weight is 346 g/mol. The molecule has 8 nitrogen and oxygen atoms in total. The van der Waals surface area contributed by atoms with Gasteiger partial charge in [0.2, 0.25) is 5.91 Å². The molecule has 0 aliphatic carbocycles. The number of likely N-dealkylation sites (N-methyl/N-ethyl adjacent to an activating group) is 1. The van der Waals surface area contributed by atoms with Gasteiger partial charge in [0.05, 0.1) is 17.9 Å². The van der Waals surface area contributed by atoms with Gasteiger partial charge in [-0.25, -0.2) is 4.79 Å². The third kappa shape index (κ3) is 3.22. The number of rotatable bonds is 5. The van der Waals surface area contributed by atoms with Crippen LogP contribution in [0.3, 0.4) is 0 Å². The van der Waals surface area contributed by atoms with E-state index < -0.39 is 0 Å². The maximum atomic E-state index is 12.1. The van der Waals surface area contributed by atoms with E-state index in [4.69, 9.17) is 0 Å². The first-order chi connectivity index (χ1) is 12.1. The molecule has 0 N–H and O–H groups in total. The van der Waals surface area contributed by atoms with Crippen molar-refractivity contribution >= 4 is 17.6 Å². The molecule has 3 saturated heterocycles. The van der Waals surface area contributed by atoms with Gasteiger partial charge in [0.1, 0.15) is 0 Å². The van der Waals surface area contributed by atoms with E-state index in [0.717, 1.165) is 64.3 Å². The Morgan fingerprint density at radius 2 is 2.04 bits per heavy atom. The Labute approximate surface area is 147 Å². The fourth-order valence-electron chi connectivity index (χ4n) is 3.99. The summed E-state index contributed by atoms with van der Waals surface area (Å²) in [5.41, 5.74) is 0.885. The van der Waals surface area contributed by atoms with Crippen molar-refractivity contribution < 1.29 is 9.59 Å². The lowest BCUT2D eigenvalue weighted by atomic mass is 10.3. The van der Waals surface area contributed by atoms with Crippen LogP contribution in [0, 0.1) is 0 Å². The monoisotopic (exact) mass is 346 g/mol. The summed E-state index contributed by atoms with van der Waals surface area (Å²) in [4.78, 5) is 31.7. The summed E-state index contributed by atoms with van der Waals surface area (Å²) in [7, 11) is 1.83. The molecular weight excluding hydrogens is 320 g/mol. The molecule has 4 heterocycles. The minimum Gasteiger partial charge on any atom is -0.341 e. The summed E-state index contributed by atoms with van der Waals surface area (Å²) in [5, 5.41) is 4.50. The van der Waals surface area contributed by atoms with Crippen molar-refractivity contribution in [2.45, 2.75) is 25.3 Å². The van der Waals surface area contributed by atoms with Gasteiger partial charge in [0.15, 0.2) is 0 Å². The summed E-state index contributed by atoms with van der Waals surface area (Å²) in [6, 6.07) is 0.390. The van der Waals surface area contributed by atoms with Crippen LogP contribution in [0.5, 0.6) is 0 Å². The van der Waals surface area contributed by atoms with Crippen LogP contribution in [0.2, 0.25) is 0 Å². The standard InChI is InChI=1S/C17H26N6O2/c1-19-7-10-22(17(19)25)15-11-18-23(13-15)14-4-6-20(12-14)8-9-21-5-2-3-16(21)24/h11,13-14H,2-10,12H2,1H3. The lowest BCUT2D eigenvalue weighted by Gasteiger charge is -2.21. The molecule has 3 amide bonds. The van der Waals surface area contributed by atoms with E-state index in [9.17, 15) is 9.59 Å². The number of hydrogen-bond acceptors (Lipinski definition) is 4. The Kier molecular flexibility index (Phi) is 4.37. The predicted molar refractivity (Wildman–Crippen MR) is 93.5 cm³/mol. The first kappa shape index (κ1) is 16.4. The van der Waals surface area contributed by atoms with Crippen molar-refractivity contribution in [1.29, 1.82) is 0 Å². The molecule has 8 heteroatoms. The maximum absolute atomic E-state index is 12.1. The van der Waals surface area contributed by atoms with Gasteiger partial charge in [-0.15, -0.1) is 0 Å². The molecule has 25 heavy (non-hydrogen) atoms. The third-order valence-corrected chi connectivity index (χ3v) is 5.60. The summed E-state index contributed by atoms with van der Waals surface area (Å²) in [6.45, 7) is 6.16. The molecule has 3 aliphatic heterocycles. The normalized spacial score (nSPS) is 25.0. The Morgan fingerprint density at radius 3 is 2.76 bits per heavy atom.